The van der Waals surface area contributed by atoms with Crippen molar-refractivity contribution in [3.63, 3.8) is 0 Å². The highest BCUT2D eigenvalue weighted by Gasteiger charge is 2.32. The SMILES string of the molecule is CCc1ccc(S(=O)(=O)N2CCCC(C(C)N)C2)s1. The first-order valence-corrected chi connectivity index (χ1v) is 9.05. The molecular formula is C13H22N2O2S2. The number of piperidine rings is 1. The molecule has 0 spiro atoms. The maximum atomic E-state index is 12.6. The molecule has 1 fully saturated rings. The van der Waals surface area contributed by atoms with Gasteiger partial charge in [0.15, 0.2) is 0 Å². The van der Waals surface area contributed by atoms with Gasteiger partial charge in [0, 0.05) is 24.0 Å². The van der Waals surface area contributed by atoms with E-state index in [2.05, 4.69) is 0 Å². The van der Waals surface area contributed by atoms with Gasteiger partial charge >= 0.3 is 0 Å². The Morgan fingerprint density at radius 3 is 2.84 bits per heavy atom. The lowest BCUT2D eigenvalue weighted by Gasteiger charge is -2.33. The Morgan fingerprint density at radius 1 is 1.53 bits per heavy atom. The number of thiophene rings is 1. The zero-order valence-corrected chi connectivity index (χ0v) is 13.1. The van der Waals surface area contributed by atoms with Crippen molar-refractivity contribution < 1.29 is 8.42 Å². The summed E-state index contributed by atoms with van der Waals surface area (Å²) in [6.07, 6.45) is 2.80. The topological polar surface area (TPSA) is 63.4 Å². The zero-order chi connectivity index (χ0) is 14.0. The average molecular weight is 302 g/mol. The summed E-state index contributed by atoms with van der Waals surface area (Å²) >= 11 is 1.38. The van der Waals surface area contributed by atoms with Crippen molar-refractivity contribution >= 4 is 21.4 Å². The number of rotatable bonds is 4. The van der Waals surface area contributed by atoms with E-state index in [9.17, 15) is 8.42 Å². The van der Waals surface area contributed by atoms with Crippen LogP contribution in [0.4, 0.5) is 0 Å². The first-order valence-electron chi connectivity index (χ1n) is 6.79. The van der Waals surface area contributed by atoms with Gasteiger partial charge in [-0.15, -0.1) is 11.3 Å². The molecular weight excluding hydrogens is 280 g/mol. The van der Waals surface area contributed by atoms with E-state index in [0.29, 0.717) is 17.3 Å². The van der Waals surface area contributed by atoms with Crippen molar-refractivity contribution in [2.75, 3.05) is 13.1 Å². The first-order chi connectivity index (χ1) is 8.95. The van der Waals surface area contributed by atoms with Crippen molar-refractivity contribution in [3.8, 4) is 0 Å². The average Bonchev–Trinajstić information content (AvgIpc) is 2.88. The Kier molecular flexibility index (Phi) is 4.66. The Balaban J connectivity index is 2.19. The van der Waals surface area contributed by atoms with Gasteiger partial charge in [0.25, 0.3) is 10.0 Å². The molecule has 2 unspecified atom stereocenters. The third-order valence-electron chi connectivity index (χ3n) is 3.74. The fourth-order valence-electron chi connectivity index (χ4n) is 2.44. The van der Waals surface area contributed by atoms with Gasteiger partial charge in [0.05, 0.1) is 0 Å². The second kappa shape index (κ2) is 5.91. The van der Waals surface area contributed by atoms with Gasteiger partial charge in [0.2, 0.25) is 0 Å². The molecule has 1 aromatic rings. The van der Waals surface area contributed by atoms with Gasteiger partial charge in [0.1, 0.15) is 4.21 Å². The lowest BCUT2D eigenvalue weighted by molar-refractivity contribution is 0.243. The first kappa shape index (κ1) is 15.0. The van der Waals surface area contributed by atoms with Crippen molar-refractivity contribution in [3.05, 3.63) is 17.0 Å². The third-order valence-corrected chi connectivity index (χ3v) is 7.31. The standard InChI is InChI=1S/C13H22N2O2S2/c1-3-12-6-7-13(18-12)19(16,17)15-8-4-5-11(9-15)10(2)14/h6-7,10-11H,3-5,8-9,14H2,1-2H3. The number of aryl methyl sites for hydroxylation is 1. The fraction of sp³-hybridized carbons (Fsp3) is 0.692. The summed E-state index contributed by atoms with van der Waals surface area (Å²) in [5.74, 6) is 0.272. The molecule has 19 heavy (non-hydrogen) atoms. The van der Waals surface area contributed by atoms with Gasteiger partial charge in [-0.1, -0.05) is 6.92 Å². The highest BCUT2D eigenvalue weighted by atomic mass is 32.2. The summed E-state index contributed by atoms with van der Waals surface area (Å²) in [4.78, 5) is 1.11. The van der Waals surface area contributed by atoms with Crippen LogP contribution in [0.15, 0.2) is 16.3 Å². The highest BCUT2D eigenvalue weighted by molar-refractivity contribution is 7.91. The minimum absolute atomic E-state index is 0.0486. The summed E-state index contributed by atoms with van der Waals surface area (Å²) < 4.78 is 27.2. The molecule has 1 aliphatic rings. The van der Waals surface area contributed by atoms with Crippen LogP contribution in [0, 0.1) is 5.92 Å². The minimum Gasteiger partial charge on any atom is -0.328 e. The molecule has 6 heteroatoms. The fourth-order valence-corrected chi connectivity index (χ4v) is 5.42. The molecule has 2 rings (SSSR count). The monoisotopic (exact) mass is 302 g/mol. The maximum absolute atomic E-state index is 12.6. The van der Waals surface area contributed by atoms with Crippen LogP contribution in [0.1, 0.15) is 31.6 Å². The number of nitrogens with zero attached hydrogens (tertiary/aromatic N) is 1. The molecule has 0 amide bonds. The number of nitrogens with two attached hydrogens (primary N) is 1. The zero-order valence-electron chi connectivity index (χ0n) is 11.5. The summed E-state index contributed by atoms with van der Waals surface area (Å²) in [7, 11) is -3.32. The Bertz CT molecular complexity index is 523. The van der Waals surface area contributed by atoms with Crippen LogP contribution in [0.25, 0.3) is 0 Å². The normalized spacial score (nSPS) is 23.4. The van der Waals surface area contributed by atoms with Crippen molar-refractivity contribution in [1.82, 2.24) is 4.31 Å². The second-order valence-corrected chi connectivity index (χ2v) is 8.53. The van der Waals surface area contributed by atoms with Crippen molar-refractivity contribution in [2.45, 2.75) is 43.4 Å². The summed E-state index contributed by atoms with van der Waals surface area (Å²) in [6.45, 7) is 5.17. The summed E-state index contributed by atoms with van der Waals surface area (Å²) in [6, 6.07) is 3.69. The molecule has 108 valence electrons. The Morgan fingerprint density at radius 2 is 2.26 bits per heavy atom. The van der Waals surface area contributed by atoms with Gasteiger partial charge in [-0.25, -0.2) is 8.42 Å². The Hall–Kier alpha value is -0.430. The summed E-state index contributed by atoms with van der Waals surface area (Å²) in [5.41, 5.74) is 5.92. The molecule has 1 saturated heterocycles. The molecule has 2 atom stereocenters. The smallest absolute Gasteiger partial charge is 0.252 e. The van der Waals surface area contributed by atoms with Crippen molar-refractivity contribution in [1.29, 1.82) is 0 Å². The van der Waals surface area contributed by atoms with Crippen LogP contribution >= 0.6 is 11.3 Å². The van der Waals surface area contributed by atoms with E-state index >= 15 is 0 Å². The van der Waals surface area contributed by atoms with Crippen LogP contribution in [0.5, 0.6) is 0 Å². The van der Waals surface area contributed by atoms with Gasteiger partial charge < -0.3 is 5.73 Å². The van der Waals surface area contributed by atoms with E-state index in [1.165, 1.54) is 11.3 Å². The van der Waals surface area contributed by atoms with Gasteiger partial charge in [-0.2, -0.15) is 4.31 Å². The molecule has 0 radical (unpaired) electrons. The van der Waals surface area contributed by atoms with Crippen molar-refractivity contribution in [2.24, 2.45) is 11.7 Å². The van der Waals surface area contributed by atoms with Crippen LogP contribution in [0.2, 0.25) is 0 Å². The molecule has 0 aliphatic carbocycles. The molecule has 0 saturated carbocycles. The number of sulfonamides is 1. The quantitative estimate of drug-likeness (QED) is 0.926. The largest absolute Gasteiger partial charge is 0.328 e. The van der Waals surface area contributed by atoms with E-state index in [1.54, 1.807) is 10.4 Å². The van der Waals surface area contributed by atoms with E-state index in [-0.39, 0.29) is 12.0 Å². The molecule has 1 aromatic heterocycles. The number of hydrogen-bond acceptors (Lipinski definition) is 4. The maximum Gasteiger partial charge on any atom is 0.252 e. The van der Waals surface area contributed by atoms with Crippen LogP contribution < -0.4 is 5.73 Å². The summed E-state index contributed by atoms with van der Waals surface area (Å²) in [5, 5.41) is 0. The van der Waals surface area contributed by atoms with Crippen LogP contribution in [-0.4, -0.2) is 31.9 Å². The van der Waals surface area contributed by atoms with E-state index in [1.807, 2.05) is 19.9 Å². The van der Waals surface area contributed by atoms with Gasteiger partial charge in [-0.3, -0.25) is 0 Å². The molecule has 1 aliphatic heterocycles. The van der Waals surface area contributed by atoms with E-state index < -0.39 is 10.0 Å². The lowest BCUT2D eigenvalue weighted by Crippen LogP contribution is -2.44. The van der Waals surface area contributed by atoms with Gasteiger partial charge in [-0.05, 0) is 44.2 Å². The predicted molar refractivity (Wildman–Crippen MR) is 78.8 cm³/mol. The predicted octanol–water partition coefficient (Wildman–Crippen LogP) is 2.06. The Labute approximate surface area is 119 Å². The van der Waals surface area contributed by atoms with Crippen LogP contribution in [-0.2, 0) is 16.4 Å². The third kappa shape index (κ3) is 3.18. The van der Waals surface area contributed by atoms with E-state index in [4.69, 9.17) is 5.73 Å². The van der Waals surface area contributed by atoms with E-state index in [0.717, 1.165) is 24.1 Å². The highest BCUT2D eigenvalue weighted by Crippen LogP contribution is 2.29. The second-order valence-electron chi connectivity index (χ2n) is 5.20. The molecule has 2 heterocycles. The number of hydrogen-bond donors (Lipinski definition) is 1. The lowest BCUT2D eigenvalue weighted by atomic mass is 9.93. The van der Waals surface area contributed by atoms with Crippen LogP contribution in [0.3, 0.4) is 0 Å². The molecule has 0 aromatic carbocycles. The molecule has 0 bridgehead atoms. The molecule has 2 N–H and O–H groups in total. The minimum atomic E-state index is -3.32. The molecule has 4 nitrogen and oxygen atoms in total.